The number of rotatable bonds is 3. The Labute approximate surface area is 208 Å². The largest absolute Gasteiger partial charge is 0.458 e. The van der Waals surface area contributed by atoms with Crippen molar-refractivity contribution in [1.29, 1.82) is 0 Å². The first-order valence-corrected chi connectivity index (χ1v) is 12.5. The molecule has 3 aromatic rings. The van der Waals surface area contributed by atoms with Gasteiger partial charge in [-0.2, -0.15) is 0 Å². The molecular formula is C25H22FN3O6S. The number of nitrogens with zero attached hydrogens (tertiary/aromatic N) is 2. The van der Waals surface area contributed by atoms with Gasteiger partial charge in [-0.15, -0.1) is 11.8 Å². The zero-order valence-corrected chi connectivity index (χ0v) is 20.3. The number of benzene rings is 1. The summed E-state index contributed by atoms with van der Waals surface area (Å²) in [6, 6.07) is 2.44. The minimum Gasteiger partial charge on any atom is -0.458 e. The van der Waals surface area contributed by atoms with E-state index in [1.165, 1.54) is 22.4 Å². The van der Waals surface area contributed by atoms with E-state index in [9.17, 15) is 29.0 Å². The second kappa shape index (κ2) is 7.86. The molecule has 5 heterocycles. The van der Waals surface area contributed by atoms with Crippen LogP contribution < -0.4 is 10.9 Å². The molecule has 1 amide bonds. The second-order valence-electron chi connectivity index (χ2n) is 9.25. The Hall–Kier alpha value is -3.28. The predicted octanol–water partition coefficient (Wildman–Crippen LogP) is 1.78. The molecule has 3 N–H and O–H groups in total. The average molecular weight is 512 g/mol. The van der Waals surface area contributed by atoms with Gasteiger partial charge < -0.3 is 24.8 Å². The lowest BCUT2D eigenvalue weighted by Gasteiger charge is -2.31. The monoisotopic (exact) mass is 511 g/mol. The SMILES string of the molecule is CC[C@@]1(O)C(=O)OCc2c1cc1n(c2=O)Cc2c-1nc1cc(F)c(C)c3c1c2[C@H](NC(=O)CO)CS3. The van der Waals surface area contributed by atoms with Crippen molar-refractivity contribution >= 4 is 34.5 Å². The van der Waals surface area contributed by atoms with Crippen molar-refractivity contribution in [3.63, 3.8) is 0 Å². The van der Waals surface area contributed by atoms with E-state index in [0.717, 1.165) is 10.5 Å². The fraction of sp³-hybridized carbons (Fsp3) is 0.360. The molecule has 0 saturated heterocycles. The number of ether oxygens (including phenoxy) is 1. The van der Waals surface area contributed by atoms with Gasteiger partial charge in [-0.1, -0.05) is 6.92 Å². The quantitative estimate of drug-likeness (QED) is 0.355. The number of hydrogen-bond donors (Lipinski definition) is 3. The first-order chi connectivity index (χ1) is 17.2. The summed E-state index contributed by atoms with van der Waals surface area (Å²) in [6.45, 7) is 2.55. The molecule has 0 aliphatic carbocycles. The van der Waals surface area contributed by atoms with Crippen LogP contribution in [0.15, 0.2) is 21.8 Å². The Kier molecular flexibility index (Phi) is 5.05. The van der Waals surface area contributed by atoms with E-state index in [0.29, 0.717) is 39.2 Å². The molecule has 0 unspecified atom stereocenters. The number of nitrogens with one attached hydrogen (secondary N) is 1. The van der Waals surface area contributed by atoms with Crippen LogP contribution in [0, 0.1) is 12.7 Å². The van der Waals surface area contributed by atoms with Gasteiger partial charge in [0.1, 0.15) is 19.0 Å². The molecule has 2 aromatic heterocycles. The van der Waals surface area contributed by atoms with Crippen LogP contribution in [0.3, 0.4) is 0 Å². The van der Waals surface area contributed by atoms with Crippen LogP contribution in [0.1, 0.15) is 47.2 Å². The summed E-state index contributed by atoms with van der Waals surface area (Å²) in [4.78, 5) is 43.6. The van der Waals surface area contributed by atoms with Crippen molar-refractivity contribution in [2.24, 2.45) is 0 Å². The van der Waals surface area contributed by atoms with E-state index >= 15 is 0 Å². The highest BCUT2D eigenvalue weighted by atomic mass is 32.2. The number of aliphatic hydroxyl groups is 2. The number of amides is 1. The van der Waals surface area contributed by atoms with Crippen LogP contribution in [-0.4, -0.2) is 44.0 Å². The molecule has 3 aliphatic rings. The number of thioether (sulfide) groups is 1. The fourth-order valence-electron chi connectivity index (χ4n) is 5.48. The van der Waals surface area contributed by atoms with Crippen LogP contribution in [-0.2, 0) is 33.1 Å². The molecule has 2 atom stereocenters. The summed E-state index contributed by atoms with van der Waals surface area (Å²) in [6.07, 6.45) is 0.0192. The predicted molar refractivity (Wildman–Crippen MR) is 128 cm³/mol. The Balaban J connectivity index is 1.66. The lowest BCUT2D eigenvalue weighted by atomic mass is 9.86. The van der Waals surface area contributed by atoms with Crippen molar-refractivity contribution in [2.45, 2.75) is 50.0 Å². The second-order valence-corrected chi connectivity index (χ2v) is 10.3. The smallest absolute Gasteiger partial charge is 0.343 e. The molecular weight excluding hydrogens is 489 g/mol. The molecule has 6 rings (SSSR count). The van der Waals surface area contributed by atoms with Crippen molar-refractivity contribution in [3.05, 3.63) is 56.1 Å². The number of cyclic esters (lactones) is 1. The van der Waals surface area contributed by atoms with Gasteiger partial charge in [0.2, 0.25) is 5.91 Å². The Morgan fingerprint density at radius 1 is 1.36 bits per heavy atom. The van der Waals surface area contributed by atoms with E-state index in [2.05, 4.69) is 5.32 Å². The van der Waals surface area contributed by atoms with Gasteiger partial charge in [-0.05, 0) is 30.5 Å². The zero-order valence-electron chi connectivity index (χ0n) is 19.5. The molecule has 1 aromatic carbocycles. The first kappa shape index (κ1) is 23.1. The van der Waals surface area contributed by atoms with Gasteiger partial charge in [0.05, 0.1) is 35.1 Å². The molecule has 0 spiro atoms. The molecule has 0 bridgehead atoms. The van der Waals surface area contributed by atoms with Crippen molar-refractivity contribution in [3.8, 4) is 11.4 Å². The van der Waals surface area contributed by atoms with E-state index in [-0.39, 0.29) is 30.7 Å². The van der Waals surface area contributed by atoms with Crippen LogP contribution in [0.5, 0.6) is 0 Å². The summed E-state index contributed by atoms with van der Waals surface area (Å²) >= 11 is 1.41. The molecule has 0 saturated carbocycles. The number of pyridine rings is 2. The number of esters is 1. The van der Waals surface area contributed by atoms with Crippen LogP contribution in [0.2, 0.25) is 0 Å². The molecule has 186 valence electrons. The molecule has 11 heteroatoms. The third kappa shape index (κ3) is 2.96. The maximum absolute atomic E-state index is 14.8. The minimum atomic E-state index is -1.96. The van der Waals surface area contributed by atoms with Crippen molar-refractivity contribution in [1.82, 2.24) is 14.9 Å². The number of carbonyl (C=O) groups is 2. The van der Waals surface area contributed by atoms with Gasteiger partial charge >= 0.3 is 5.97 Å². The maximum atomic E-state index is 14.8. The van der Waals surface area contributed by atoms with Crippen LogP contribution in [0.4, 0.5) is 4.39 Å². The van der Waals surface area contributed by atoms with Gasteiger partial charge in [0.15, 0.2) is 5.60 Å². The van der Waals surface area contributed by atoms with E-state index in [4.69, 9.17) is 9.72 Å². The Morgan fingerprint density at radius 3 is 2.86 bits per heavy atom. The van der Waals surface area contributed by atoms with Crippen molar-refractivity contribution in [2.75, 3.05) is 12.4 Å². The summed E-state index contributed by atoms with van der Waals surface area (Å²) < 4.78 is 21.5. The van der Waals surface area contributed by atoms with E-state index in [1.807, 2.05) is 0 Å². The topological polar surface area (TPSA) is 131 Å². The van der Waals surface area contributed by atoms with Gasteiger partial charge in [-0.3, -0.25) is 9.59 Å². The van der Waals surface area contributed by atoms with Crippen LogP contribution >= 0.6 is 11.8 Å². The van der Waals surface area contributed by atoms with Crippen molar-refractivity contribution < 1.29 is 28.9 Å². The molecule has 36 heavy (non-hydrogen) atoms. The molecule has 9 nitrogen and oxygen atoms in total. The summed E-state index contributed by atoms with van der Waals surface area (Å²) in [5.74, 6) is -1.36. The number of aliphatic hydroxyl groups excluding tert-OH is 1. The summed E-state index contributed by atoms with van der Waals surface area (Å²) in [7, 11) is 0. The van der Waals surface area contributed by atoms with Gasteiger partial charge in [-0.25, -0.2) is 14.2 Å². The van der Waals surface area contributed by atoms with Crippen LogP contribution in [0.25, 0.3) is 22.3 Å². The highest BCUT2D eigenvalue weighted by Crippen LogP contribution is 2.48. The normalized spacial score (nSPS) is 21.6. The Bertz CT molecular complexity index is 1580. The standard InChI is InChI=1S/C25H22FN3O6S/c1-3-25(34)13-4-17-21-11(6-29(17)23(32)12(13)8-35-24(25)33)19-16(27-18(31)7-30)9-36-22-10(2)14(26)5-15(28-21)20(19)22/h4-5,16,30,34H,3,6-9H2,1-2H3,(H,27,31)/t16-,25+/m1/s1. The number of carbonyl (C=O) groups excluding carboxylic acids is 2. The van der Waals surface area contributed by atoms with E-state index < -0.39 is 41.5 Å². The van der Waals surface area contributed by atoms with Gasteiger partial charge in [0, 0.05) is 33.2 Å². The lowest BCUT2D eigenvalue weighted by Crippen LogP contribution is -2.44. The molecule has 0 radical (unpaired) electrons. The van der Waals surface area contributed by atoms with E-state index in [1.54, 1.807) is 19.9 Å². The summed E-state index contributed by atoms with van der Waals surface area (Å²) in [5, 5.41) is 24.0. The zero-order chi connectivity index (χ0) is 25.5. The molecule has 3 aliphatic heterocycles. The number of halogens is 1. The van der Waals surface area contributed by atoms with Gasteiger partial charge in [0.25, 0.3) is 5.56 Å². The highest BCUT2D eigenvalue weighted by molar-refractivity contribution is 7.99. The summed E-state index contributed by atoms with van der Waals surface area (Å²) in [5.41, 5.74) is 1.16. The Morgan fingerprint density at radius 2 is 2.14 bits per heavy atom. The average Bonchev–Trinajstić information content (AvgIpc) is 3.24. The first-order valence-electron chi connectivity index (χ1n) is 11.5. The number of fused-ring (bicyclic) bond motifs is 5. The third-order valence-corrected chi connectivity index (χ3v) is 8.68. The molecule has 0 fully saturated rings. The highest BCUT2D eigenvalue weighted by Gasteiger charge is 2.46. The third-order valence-electron chi connectivity index (χ3n) is 7.38. The maximum Gasteiger partial charge on any atom is 0.343 e. The minimum absolute atomic E-state index is 0.0192. The lowest BCUT2D eigenvalue weighted by molar-refractivity contribution is -0.172. The fourth-order valence-corrected chi connectivity index (χ4v) is 6.74. The number of hydrogen-bond acceptors (Lipinski definition) is 8. The number of aromatic nitrogens is 2.